The standard InChI is InChI=1S/C9H6ClF2NO2/c10-6-3-5(11)4-7(12)9(6)13-2-1-8(14)15/h1-4,13H,(H,14,15)/b2-1+. The van der Waals surface area contributed by atoms with Crippen molar-refractivity contribution >= 4 is 23.3 Å². The van der Waals surface area contributed by atoms with Crippen molar-refractivity contribution in [3.05, 3.63) is 41.1 Å². The fourth-order valence-electron chi connectivity index (χ4n) is 0.876. The van der Waals surface area contributed by atoms with Crippen molar-refractivity contribution in [2.45, 2.75) is 0 Å². The summed E-state index contributed by atoms with van der Waals surface area (Å²) in [6.07, 6.45) is 1.75. The number of rotatable bonds is 3. The van der Waals surface area contributed by atoms with Gasteiger partial charge < -0.3 is 10.4 Å². The summed E-state index contributed by atoms with van der Waals surface area (Å²) in [6, 6.07) is 1.56. The van der Waals surface area contributed by atoms with E-state index in [0.29, 0.717) is 6.07 Å². The highest BCUT2D eigenvalue weighted by atomic mass is 35.5. The molecule has 0 spiro atoms. The first-order valence-corrected chi connectivity index (χ1v) is 4.19. The Morgan fingerprint density at radius 3 is 2.67 bits per heavy atom. The van der Waals surface area contributed by atoms with Crippen molar-refractivity contribution in [1.82, 2.24) is 0 Å². The molecule has 0 atom stereocenters. The molecule has 3 nitrogen and oxygen atoms in total. The average Bonchev–Trinajstić information content (AvgIpc) is 2.08. The summed E-state index contributed by atoms with van der Waals surface area (Å²) in [5, 5.41) is 10.4. The summed E-state index contributed by atoms with van der Waals surface area (Å²) < 4.78 is 25.7. The van der Waals surface area contributed by atoms with Crippen molar-refractivity contribution in [3.8, 4) is 0 Å². The van der Waals surface area contributed by atoms with Crippen LogP contribution >= 0.6 is 11.6 Å². The maximum Gasteiger partial charge on any atom is 0.329 e. The lowest BCUT2D eigenvalue weighted by Gasteiger charge is -2.04. The van der Waals surface area contributed by atoms with E-state index in [9.17, 15) is 13.6 Å². The molecule has 80 valence electrons. The van der Waals surface area contributed by atoms with Gasteiger partial charge in [-0.1, -0.05) is 11.6 Å². The molecular formula is C9H6ClF2NO2. The lowest BCUT2D eigenvalue weighted by molar-refractivity contribution is -0.131. The van der Waals surface area contributed by atoms with Gasteiger partial charge in [-0.05, 0) is 6.07 Å². The highest BCUT2D eigenvalue weighted by molar-refractivity contribution is 6.33. The zero-order valence-electron chi connectivity index (χ0n) is 7.30. The van der Waals surface area contributed by atoms with Crippen LogP contribution in [-0.2, 0) is 4.79 Å². The van der Waals surface area contributed by atoms with E-state index in [4.69, 9.17) is 16.7 Å². The van der Waals surface area contributed by atoms with Crippen molar-refractivity contribution in [3.63, 3.8) is 0 Å². The molecule has 0 aliphatic carbocycles. The quantitative estimate of drug-likeness (QED) is 0.789. The lowest BCUT2D eigenvalue weighted by Crippen LogP contribution is -1.96. The van der Waals surface area contributed by atoms with Crippen LogP contribution in [0.3, 0.4) is 0 Å². The Kier molecular flexibility index (Phi) is 3.62. The van der Waals surface area contributed by atoms with Crippen molar-refractivity contribution in [2.24, 2.45) is 0 Å². The van der Waals surface area contributed by atoms with Crippen molar-refractivity contribution in [2.75, 3.05) is 5.32 Å². The minimum atomic E-state index is -1.19. The minimum absolute atomic E-state index is 0.164. The highest BCUT2D eigenvalue weighted by Crippen LogP contribution is 2.26. The van der Waals surface area contributed by atoms with Crippen LogP contribution in [0.4, 0.5) is 14.5 Å². The SMILES string of the molecule is O=C(O)/C=C/Nc1c(F)cc(F)cc1Cl. The van der Waals surface area contributed by atoms with E-state index >= 15 is 0 Å². The summed E-state index contributed by atoms with van der Waals surface area (Å²) in [4.78, 5) is 10.1. The van der Waals surface area contributed by atoms with Gasteiger partial charge in [-0.15, -0.1) is 0 Å². The smallest absolute Gasteiger partial charge is 0.329 e. The van der Waals surface area contributed by atoms with Crippen LogP contribution in [-0.4, -0.2) is 11.1 Å². The molecule has 15 heavy (non-hydrogen) atoms. The largest absolute Gasteiger partial charge is 0.478 e. The first-order chi connectivity index (χ1) is 7.00. The molecule has 0 bridgehead atoms. The molecule has 2 N–H and O–H groups in total. The fraction of sp³-hybridized carbons (Fsp3) is 0. The van der Waals surface area contributed by atoms with Gasteiger partial charge >= 0.3 is 5.97 Å². The molecule has 1 rings (SSSR count). The van der Waals surface area contributed by atoms with Gasteiger partial charge in [0.2, 0.25) is 0 Å². The van der Waals surface area contributed by atoms with E-state index in [1.165, 1.54) is 0 Å². The number of carbonyl (C=O) groups is 1. The van der Waals surface area contributed by atoms with Gasteiger partial charge in [0.1, 0.15) is 5.82 Å². The summed E-state index contributed by atoms with van der Waals surface area (Å²) in [5.74, 6) is -2.89. The average molecular weight is 234 g/mol. The van der Waals surface area contributed by atoms with Gasteiger partial charge in [0.25, 0.3) is 0 Å². The Morgan fingerprint density at radius 2 is 2.13 bits per heavy atom. The number of hydrogen-bond acceptors (Lipinski definition) is 2. The van der Waals surface area contributed by atoms with Gasteiger partial charge in [-0.3, -0.25) is 0 Å². The Labute approximate surface area is 89.0 Å². The Hall–Kier alpha value is -1.62. The van der Waals surface area contributed by atoms with Crippen LogP contribution in [0.2, 0.25) is 5.02 Å². The lowest BCUT2D eigenvalue weighted by atomic mass is 10.3. The first-order valence-electron chi connectivity index (χ1n) is 3.81. The van der Waals surface area contributed by atoms with Crippen LogP contribution in [0, 0.1) is 11.6 Å². The maximum atomic E-state index is 13.1. The molecular weight excluding hydrogens is 228 g/mol. The third-order valence-corrected chi connectivity index (χ3v) is 1.76. The Bertz CT molecular complexity index is 398. The van der Waals surface area contributed by atoms with E-state index in [-0.39, 0.29) is 10.7 Å². The molecule has 1 aromatic rings. The van der Waals surface area contributed by atoms with E-state index in [2.05, 4.69) is 5.32 Å². The predicted molar refractivity (Wildman–Crippen MR) is 51.8 cm³/mol. The second-order valence-corrected chi connectivity index (χ2v) is 2.97. The molecule has 0 saturated carbocycles. The molecule has 0 amide bonds. The third-order valence-electron chi connectivity index (χ3n) is 1.46. The molecule has 6 heteroatoms. The van der Waals surface area contributed by atoms with Crippen molar-refractivity contribution in [1.29, 1.82) is 0 Å². The number of carboxylic acids is 1. The maximum absolute atomic E-state index is 13.1. The summed E-state index contributed by atoms with van der Waals surface area (Å²) in [7, 11) is 0. The van der Waals surface area contributed by atoms with Crippen LogP contribution in [0.5, 0.6) is 0 Å². The van der Waals surface area contributed by atoms with Crippen LogP contribution in [0.1, 0.15) is 0 Å². The normalized spacial score (nSPS) is 10.6. The molecule has 0 radical (unpaired) electrons. The number of hydrogen-bond donors (Lipinski definition) is 2. The third kappa shape index (κ3) is 3.21. The number of benzene rings is 1. The highest BCUT2D eigenvalue weighted by Gasteiger charge is 2.08. The molecule has 1 aromatic carbocycles. The Morgan fingerprint density at radius 1 is 1.47 bits per heavy atom. The molecule has 0 saturated heterocycles. The monoisotopic (exact) mass is 233 g/mol. The van der Waals surface area contributed by atoms with Gasteiger partial charge in [-0.25, -0.2) is 13.6 Å². The molecule has 0 aliphatic heterocycles. The minimum Gasteiger partial charge on any atom is -0.478 e. The fourth-order valence-corrected chi connectivity index (χ4v) is 1.13. The molecule has 0 heterocycles. The van der Waals surface area contributed by atoms with E-state index in [0.717, 1.165) is 18.3 Å². The van der Waals surface area contributed by atoms with E-state index < -0.39 is 17.6 Å². The second-order valence-electron chi connectivity index (χ2n) is 2.56. The number of carboxylic acid groups (broad SMARTS) is 1. The van der Waals surface area contributed by atoms with Gasteiger partial charge in [-0.2, -0.15) is 0 Å². The van der Waals surface area contributed by atoms with Crippen LogP contribution in [0.15, 0.2) is 24.4 Å². The number of anilines is 1. The zero-order chi connectivity index (χ0) is 11.4. The Balaban J connectivity index is 2.90. The number of aliphatic carboxylic acids is 1. The number of halogens is 3. The molecule has 0 aliphatic rings. The van der Waals surface area contributed by atoms with Crippen LogP contribution in [0.25, 0.3) is 0 Å². The van der Waals surface area contributed by atoms with Crippen LogP contribution < -0.4 is 5.32 Å². The van der Waals surface area contributed by atoms with Gasteiger partial charge in [0.05, 0.1) is 10.7 Å². The first kappa shape index (κ1) is 11.5. The van der Waals surface area contributed by atoms with E-state index in [1.54, 1.807) is 0 Å². The summed E-state index contributed by atoms with van der Waals surface area (Å²) >= 11 is 5.53. The van der Waals surface area contributed by atoms with Crippen molar-refractivity contribution < 1.29 is 18.7 Å². The summed E-state index contributed by atoms with van der Waals surface area (Å²) in [5.41, 5.74) is -0.171. The van der Waals surface area contributed by atoms with Gasteiger partial charge in [0, 0.05) is 18.3 Å². The number of nitrogens with one attached hydrogen (secondary N) is 1. The summed E-state index contributed by atoms with van der Waals surface area (Å²) in [6.45, 7) is 0. The van der Waals surface area contributed by atoms with E-state index in [1.807, 2.05) is 0 Å². The second kappa shape index (κ2) is 4.75. The molecule has 0 aromatic heterocycles. The topological polar surface area (TPSA) is 49.3 Å². The predicted octanol–water partition coefficient (Wildman–Crippen LogP) is 2.63. The molecule has 0 unspecified atom stereocenters. The zero-order valence-corrected chi connectivity index (χ0v) is 8.05. The molecule has 0 fully saturated rings. The van der Waals surface area contributed by atoms with Gasteiger partial charge in [0.15, 0.2) is 5.82 Å².